The number of fused-ring (bicyclic) bond motifs is 2. The molecule has 49 heavy (non-hydrogen) atoms. The standard InChI is InChI=1S/C20H22N4O3.C16H15N3O2S/c1-24-16(18(25)15-5-3-4-6-17(15)26-2)11-13-12-21-20(23-19(13)24)22-14-7-9-27-10-8-14;1-19-12(8-10-9-17-16(22-3)18-15(10)19)14(20)11-6-4-5-7-13(11)21-2/h3-6,11-12,14H,7-10H2,1-2H3,(H,21,22,23);4-9H,1-3H3. The van der Waals surface area contributed by atoms with Gasteiger partial charge in [0.15, 0.2) is 5.16 Å². The summed E-state index contributed by atoms with van der Waals surface area (Å²) in [5, 5.41) is 5.73. The number of aryl methyl sites for hydroxylation is 2. The third-order valence-electron chi connectivity index (χ3n) is 8.42. The number of nitrogens with one attached hydrogen (secondary N) is 1. The molecule has 0 radical (unpaired) electrons. The average molecular weight is 680 g/mol. The maximum Gasteiger partial charge on any atom is 0.224 e. The topological polar surface area (TPSA) is 135 Å². The molecule has 0 spiro atoms. The zero-order valence-corrected chi connectivity index (χ0v) is 28.8. The molecule has 0 atom stereocenters. The molecule has 7 rings (SSSR count). The summed E-state index contributed by atoms with van der Waals surface area (Å²) in [4.78, 5) is 43.6. The Labute approximate surface area is 287 Å². The van der Waals surface area contributed by atoms with E-state index < -0.39 is 0 Å². The number of anilines is 1. The lowest BCUT2D eigenvalue weighted by Gasteiger charge is -2.22. The van der Waals surface area contributed by atoms with Crippen molar-refractivity contribution < 1.29 is 23.8 Å². The van der Waals surface area contributed by atoms with Crippen LogP contribution in [0.3, 0.4) is 0 Å². The number of carbonyl (C=O) groups excluding carboxylic acids is 2. The van der Waals surface area contributed by atoms with Crippen LogP contribution in [0.5, 0.6) is 11.5 Å². The molecular formula is C36H37N7O5S. The number of ether oxygens (including phenoxy) is 3. The van der Waals surface area contributed by atoms with Gasteiger partial charge in [0.1, 0.15) is 22.8 Å². The van der Waals surface area contributed by atoms with Crippen molar-refractivity contribution in [1.29, 1.82) is 0 Å². The van der Waals surface area contributed by atoms with Gasteiger partial charge in [-0.2, -0.15) is 4.98 Å². The van der Waals surface area contributed by atoms with Crippen LogP contribution in [0, 0.1) is 0 Å². The fourth-order valence-corrected chi connectivity index (χ4v) is 6.11. The predicted molar refractivity (Wildman–Crippen MR) is 189 cm³/mol. The fraction of sp³-hybridized carbons (Fsp3) is 0.278. The quantitative estimate of drug-likeness (QED) is 0.114. The maximum absolute atomic E-state index is 13.0. The van der Waals surface area contributed by atoms with Crippen LogP contribution in [0.15, 0.2) is 78.2 Å². The molecule has 0 saturated carbocycles. The number of benzene rings is 2. The van der Waals surface area contributed by atoms with Crippen molar-refractivity contribution in [3.63, 3.8) is 0 Å². The third-order valence-corrected chi connectivity index (χ3v) is 8.98. The van der Waals surface area contributed by atoms with Gasteiger partial charge in [0, 0.05) is 56.5 Å². The minimum Gasteiger partial charge on any atom is -0.496 e. The van der Waals surface area contributed by atoms with Gasteiger partial charge in [-0.1, -0.05) is 36.0 Å². The second kappa shape index (κ2) is 14.9. The third kappa shape index (κ3) is 6.99. The minimum absolute atomic E-state index is 0.0938. The second-order valence-electron chi connectivity index (χ2n) is 11.4. The molecule has 1 saturated heterocycles. The lowest BCUT2D eigenvalue weighted by Crippen LogP contribution is -2.28. The number of ketones is 2. The summed E-state index contributed by atoms with van der Waals surface area (Å²) in [5.41, 5.74) is 3.64. The van der Waals surface area contributed by atoms with Crippen molar-refractivity contribution in [3.8, 4) is 11.5 Å². The molecule has 13 heteroatoms. The molecule has 1 N–H and O–H groups in total. The molecule has 0 aliphatic carbocycles. The zero-order chi connectivity index (χ0) is 34.5. The number of hydrogen-bond acceptors (Lipinski definition) is 11. The largest absolute Gasteiger partial charge is 0.496 e. The van der Waals surface area contributed by atoms with Crippen LogP contribution in [-0.4, -0.2) is 80.4 Å². The van der Waals surface area contributed by atoms with Gasteiger partial charge in [0.2, 0.25) is 17.5 Å². The van der Waals surface area contributed by atoms with Crippen LogP contribution in [0.1, 0.15) is 44.9 Å². The lowest BCUT2D eigenvalue weighted by atomic mass is 10.1. The van der Waals surface area contributed by atoms with Crippen molar-refractivity contribution in [2.24, 2.45) is 14.1 Å². The molecule has 12 nitrogen and oxygen atoms in total. The van der Waals surface area contributed by atoms with Crippen molar-refractivity contribution in [2.75, 3.05) is 39.0 Å². The number of para-hydroxylation sites is 2. The van der Waals surface area contributed by atoms with E-state index in [1.807, 2.05) is 56.7 Å². The van der Waals surface area contributed by atoms with Gasteiger partial charge in [-0.05, 0) is 55.5 Å². The Kier molecular flexibility index (Phi) is 10.2. The monoisotopic (exact) mass is 679 g/mol. The molecule has 0 amide bonds. The van der Waals surface area contributed by atoms with Crippen molar-refractivity contribution in [3.05, 3.63) is 95.6 Å². The Morgan fingerprint density at radius 1 is 0.796 bits per heavy atom. The molecule has 6 aromatic rings. The van der Waals surface area contributed by atoms with E-state index in [-0.39, 0.29) is 11.6 Å². The molecular weight excluding hydrogens is 643 g/mol. The minimum atomic E-state index is -0.105. The van der Waals surface area contributed by atoms with Crippen molar-refractivity contribution in [2.45, 2.75) is 24.0 Å². The van der Waals surface area contributed by atoms with E-state index in [2.05, 4.69) is 25.3 Å². The highest BCUT2D eigenvalue weighted by atomic mass is 32.2. The normalized spacial score (nSPS) is 13.2. The number of aromatic nitrogens is 6. The summed E-state index contributed by atoms with van der Waals surface area (Å²) >= 11 is 1.47. The van der Waals surface area contributed by atoms with Crippen LogP contribution in [-0.2, 0) is 18.8 Å². The van der Waals surface area contributed by atoms with Gasteiger partial charge in [0.05, 0.1) is 36.7 Å². The summed E-state index contributed by atoms with van der Waals surface area (Å²) in [6, 6.07) is 18.4. The molecule has 1 aliphatic heterocycles. The maximum atomic E-state index is 13.0. The molecule has 0 unspecified atom stereocenters. The Balaban J connectivity index is 0.000000174. The zero-order valence-electron chi connectivity index (χ0n) is 28.0. The number of hydrogen-bond donors (Lipinski definition) is 1. The van der Waals surface area contributed by atoms with Crippen molar-refractivity contribution in [1.82, 2.24) is 29.1 Å². The number of methoxy groups -OCH3 is 2. The molecule has 1 fully saturated rings. The Hall–Kier alpha value is -5.27. The Morgan fingerprint density at radius 3 is 1.84 bits per heavy atom. The molecule has 252 valence electrons. The molecule has 4 aromatic heterocycles. The van der Waals surface area contributed by atoms with E-state index >= 15 is 0 Å². The predicted octanol–water partition coefficient (Wildman–Crippen LogP) is 5.73. The molecule has 5 heterocycles. The van der Waals surface area contributed by atoms with Crippen molar-refractivity contribution >= 4 is 51.3 Å². The van der Waals surface area contributed by atoms with Gasteiger partial charge >= 0.3 is 0 Å². The van der Waals surface area contributed by atoms with E-state index in [4.69, 9.17) is 14.2 Å². The van der Waals surface area contributed by atoms with Crippen LogP contribution in [0.4, 0.5) is 5.95 Å². The van der Waals surface area contributed by atoms with Gasteiger partial charge < -0.3 is 28.7 Å². The lowest BCUT2D eigenvalue weighted by molar-refractivity contribution is 0.0903. The summed E-state index contributed by atoms with van der Waals surface area (Å²) in [6.45, 7) is 1.50. The summed E-state index contributed by atoms with van der Waals surface area (Å²) in [7, 11) is 6.80. The highest BCUT2D eigenvalue weighted by Crippen LogP contribution is 2.27. The van der Waals surface area contributed by atoms with E-state index in [0.29, 0.717) is 51.2 Å². The number of carbonyl (C=O) groups is 2. The van der Waals surface area contributed by atoms with Crippen LogP contribution < -0.4 is 14.8 Å². The van der Waals surface area contributed by atoms with E-state index in [1.54, 1.807) is 60.0 Å². The van der Waals surface area contributed by atoms with Crippen LogP contribution >= 0.6 is 11.8 Å². The van der Waals surface area contributed by atoms with Gasteiger partial charge in [-0.15, -0.1) is 0 Å². The summed E-state index contributed by atoms with van der Waals surface area (Å²) in [5.74, 6) is 1.50. The first-order valence-corrected chi connectivity index (χ1v) is 16.9. The highest BCUT2D eigenvalue weighted by molar-refractivity contribution is 7.98. The van der Waals surface area contributed by atoms with Gasteiger partial charge in [-0.3, -0.25) is 9.59 Å². The van der Waals surface area contributed by atoms with E-state index in [0.717, 1.165) is 48.1 Å². The Bertz CT molecular complexity index is 2140. The molecule has 1 aliphatic rings. The van der Waals surface area contributed by atoms with Crippen LogP contribution in [0.2, 0.25) is 0 Å². The molecule has 0 bridgehead atoms. The first kappa shape index (κ1) is 33.6. The fourth-order valence-electron chi connectivity index (χ4n) is 5.77. The SMILES string of the molecule is COc1ccccc1C(=O)c1cc2cnc(NC3CCOCC3)nc2n1C.COc1ccccc1C(=O)c1cc2cnc(SC)nc2n1C. The van der Waals surface area contributed by atoms with Crippen LogP contribution in [0.25, 0.3) is 22.1 Å². The second-order valence-corrected chi connectivity index (χ2v) is 12.1. The molecule has 2 aromatic carbocycles. The Morgan fingerprint density at radius 2 is 1.31 bits per heavy atom. The van der Waals surface area contributed by atoms with Gasteiger partial charge in [0.25, 0.3) is 0 Å². The number of rotatable bonds is 9. The average Bonchev–Trinajstić information content (AvgIpc) is 3.66. The summed E-state index contributed by atoms with van der Waals surface area (Å²) in [6.07, 6.45) is 7.29. The van der Waals surface area contributed by atoms with E-state index in [9.17, 15) is 9.59 Å². The summed E-state index contributed by atoms with van der Waals surface area (Å²) < 4.78 is 19.6. The smallest absolute Gasteiger partial charge is 0.224 e. The number of nitrogens with zero attached hydrogens (tertiary/aromatic N) is 6. The highest BCUT2D eigenvalue weighted by Gasteiger charge is 2.22. The van der Waals surface area contributed by atoms with Gasteiger partial charge in [-0.25, -0.2) is 15.0 Å². The number of thioether (sulfide) groups is 1. The van der Waals surface area contributed by atoms with E-state index in [1.165, 1.54) is 11.8 Å². The first-order valence-electron chi connectivity index (χ1n) is 15.7. The first-order chi connectivity index (χ1) is 23.8.